The van der Waals surface area contributed by atoms with Crippen LogP contribution in [0.2, 0.25) is 0 Å². The first-order chi connectivity index (χ1) is 8.77. The van der Waals surface area contributed by atoms with Crippen LogP contribution < -0.4 is 9.47 Å². The Bertz CT molecular complexity index is 461. The van der Waals surface area contributed by atoms with Crippen LogP contribution >= 0.6 is 15.9 Å². The smallest absolute Gasteiger partial charge is 0.167 e. The lowest BCUT2D eigenvalue weighted by Gasteiger charge is -2.19. The molecule has 0 radical (unpaired) electrons. The van der Waals surface area contributed by atoms with Crippen molar-refractivity contribution in [2.45, 2.75) is 18.9 Å². The molecule has 98 valence electrons. The summed E-state index contributed by atoms with van der Waals surface area (Å²) >= 11 is 3.55. The van der Waals surface area contributed by atoms with E-state index >= 15 is 0 Å². The predicted molar refractivity (Wildman–Crippen MR) is 69.2 cm³/mol. The Balaban J connectivity index is 2.17. The van der Waals surface area contributed by atoms with Crippen LogP contribution in [0.3, 0.4) is 0 Å². The van der Waals surface area contributed by atoms with E-state index in [1.54, 1.807) is 0 Å². The van der Waals surface area contributed by atoms with Gasteiger partial charge in [0.15, 0.2) is 11.5 Å². The molecule has 4 nitrogen and oxygen atoms in total. The zero-order valence-corrected chi connectivity index (χ0v) is 11.5. The highest BCUT2D eigenvalue weighted by atomic mass is 79.9. The van der Waals surface area contributed by atoms with Gasteiger partial charge in [-0.3, -0.25) is 0 Å². The van der Waals surface area contributed by atoms with Crippen LogP contribution in [0, 0.1) is 0 Å². The van der Waals surface area contributed by atoms with Gasteiger partial charge in [0.05, 0.1) is 26.4 Å². The molecule has 0 saturated carbocycles. The number of rotatable bonds is 0. The molecule has 2 aliphatic rings. The lowest BCUT2D eigenvalue weighted by Crippen LogP contribution is -2.08. The highest BCUT2D eigenvalue weighted by Crippen LogP contribution is 2.43. The minimum Gasteiger partial charge on any atom is -0.490 e. The van der Waals surface area contributed by atoms with Crippen molar-refractivity contribution < 1.29 is 19.3 Å². The number of benzene rings is 1. The van der Waals surface area contributed by atoms with Crippen molar-refractivity contribution in [3.8, 4) is 11.5 Å². The zero-order chi connectivity index (χ0) is 12.5. The van der Waals surface area contributed by atoms with E-state index in [2.05, 4.69) is 15.9 Å². The van der Waals surface area contributed by atoms with E-state index in [1.165, 1.54) is 0 Å². The maximum Gasteiger partial charge on any atom is 0.167 e. The fourth-order valence-corrected chi connectivity index (χ4v) is 3.02. The van der Waals surface area contributed by atoms with Crippen LogP contribution in [-0.2, 0) is 11.2 Å². The van der Waals surface area contributed by atoms with E-state index in [1.807, 2.05) is 6.07 Å². The number of hydrogen-bond acceptors (Lipinski definition) is 4. The Morgan fingerprint density at radius 3 is 2.94 bits per heavy atom. The number of fused-ring (bicyclic) bond motifs is 3. The van der Waals surface area contributed by atoms with Crippen LogP contribution in [0.25, 0.3) is 0 Å². The van der Waals surface area contributed by atoms with Crippen molar-refractivity contribution >= 4 is 15.9 Å². The summed E-state index contributed by atoms with van der Waals surface area (Å²) in [4.78, 5) is 0. The minimum absolute atomic E-state index is 0.305. The normalized spacial score (nSPS) is 22.9. The minimum atomic E-state index is -0.657. The van der Waals surface area contributed by atoms with Crippen molar-refractivity contribution in [2.24, 2.45) is 0 Å². The van der Waals surface area contributed by atoms with Gasteiger partial charge >= 0.3 is 0 Å². The van der Waals surface area contributed by atoms with Crippen LogP contribution in [-0.4, -0.2) is 31.5 Å². The highest BCUT2D eigenvalue weighted by Gasteiger charge is 2.27. The van der Waals surface area contributed by atoms with Crippen LogP contribution in [0.5, 0.6) is 11.5 Å². The average molecular weight is 315 g/mol. The quantitative estimate of drug-likeness (QED) is 0.797. The van der Waals surface area contributed by atoms with Gasteiger partial charge in [-0.1, -0.05) is 15.9 Å². The van der Waals surface area contributed by atoms with E-state index in [0.717, 1.165) is 28.4 Å². The first kappa shape index (κ1) is 12.3. The molecule has 3 rings (SSSR count). The Morgan fingerprint density at radius 1 is 1.22 bits per heavy atom. The lowest BCUT2D eigenvalue weighted by molar-refractivity contribution is 0.0438. The molecule has 2 heterocycles. The monoisotopic (exact) mass is 314 g/mol. The molecule has 0 saturated heterocycles. The van der Waals surface area contributed by atoms with E-state index < -0.39 is 6.10 Å². The second-order valence-corrected chi connectivity index (χ2v) is 5.32. The third-order valence-corrected chi connectivity index (χ3v) is 3.95. The van der Waals surface area contributed by atoms with Crippen molar-refractivity contribution in [2.75, 3.05) is 26.4 Å². The van der Waals surface area contributed by atoms with E-state index in [0.29, 0.717) is 37.9 Å². The highest BCUT2D eigenvalue weighted by molar-refractivity contribution is 9.10. The maximum atomic E-state index is 10.2. The van der Waals surface area contributed by atoms with Gasteiger partial charge in [0.2, 0.25) is 0 Å². The summed E-state index contributed by atoms with van der Waals surface area (Å²) in [6, 6.07) is 1.93. The fourth-order valence-electron chi connectivity index (χ4n) is 2.40. The summed E-state index contributed by atoms with van der Waals surface area (Å²) < 4.78 is 17.8. The van der Waals surface area contributed by atoms with Crippen molar-refractivity contribution in [3.63, 3.8) is 0 Å². The Kier molecular flexibility index (Phi) is 3.46. The fraction of sp³-hybridized carbons (Fsp3) is 0.538. The second-order valence-electron chi connectivity index (χ2n) is 4.47. The Labute approximate surface area is 114 Å². The van der Waals surface area contributed by atoms with Crippen molar-refractivity contribution in [3.05, 3.63) is 21.7 Å². The van der Waals surface area contributed by atoms with Gasteiger partial charge in [-0.25, -0.2) is 0 Å². The van der Waals surface area contributed by atoms with Gasteiger partial charge in [-0.2, -0.15) is 0 Å². The summed E-state index contributed by atoms with van der Waals surface area (Å²) in [6.45, 7) is 2.18. The van der Waals surface area contributed by atoms with Crippen LogP contribution in [0.4, 0.5) is 0 Å². The number of aliphatic hydroxyl groups excluding tert-OH is 1. The molecule has 5 heteroatoms. The number of aliphatic hydroxyl groups is 1. The molecular weight excluding hydrogens is 300 g/mol. The number of hydrogen-bond donors (Lipinski definition) is 1. The lowest BCUT2D eigenvalue weighted by atomic mass is 9.99. The molecule has 2 aliphatic heterocycles. The number of ether oxygens (including phenoxy) is 3. The number of halogens is 1. The summed E-state index contributed by atoms with van der Waals surface area (Å²) in [5.74, 6) is 1.39. The molecule has 0 spiro atoms. The first-order valence-corrected chi connectivity index (χ1v) is 6.93. The average Bonchev–Trinajstić information content (AvgIpc) is 2.68. The van der Waals surface area contributed by atoms with Crippen molar-refractivity contribution in [1.82, 2.24) is 0 Å². The molecular formula is C13H15BrO4. The molecule has 0 fully saturated rings. The molecule has 18 heavy (non-hydrogen) atoms. The molecule has 1 atom stereocenters. The van der Waals surface area contributed by atoms with E-state index in [9.17, 15) is 5.11 Å². The molecule has 0 bridgehead atoms. The first-order valence-electron chi connectivity index (χ1n) is 6.14. The Morgan fingerprint density at radius 2 is 2.06 bits per heavy atom. The molecule has 1 aromatic carbocycles. The largest absolute Gasteiger partial charge is 0.490 e. The van der Waals surface area contributed by atoms with Gasteiger partial charge in [0.1, 0.15) is 6.10 Å². The molecule has 0 aliphatic carbocycles. The van der Waals surface area contributed by atoms with E-state index in [-0.39, 0.29) is 0 Å². The third-order valence-electron chi connectivity index (χ3n) is 3.24. The van der Waals surface area contributed by atoms with Gasteiger partial charge in [-0.15, -0.1) is 0 Å². The second kappa shape index (κ2) is 5.07. The van der Waals surface area contributed by atoms with Gasteiger partial charge in [0.25, 0.3) is 0 Å². The topological polar surface area (TPSA) is 47.9 Å². The zero-order valence-electron chi connectivity index (χ0n) is 9.95. The summed E-state index contributed by atoms with van der Waals surface area (Å²) in [5.41, 5.74) is 1.88. The SMILES string of the molecule is OC1COCCc2c(Br)cc3c(c21)OCCCO3. The Hall–Kier alpha value is -0.780. The van der Waals surface area contributed by atoms with Gasteiger partial charge in [-0.05, 0) is 18.1 Å². The van der Waals surface area contributed by atoms with Crippen molar-refractivity contribution in [1.29, 1.82) is 0 Å². The molecule has 1 unspecified atom stereocenters. The summed E-state index contributed by atoms with van der Waals surface area (Å²) in [7, 11) is 0. The molecule has 0 aromatic heterocycles. The predicted octanol–water partition coefficient (Wildman–Crippen LogP) is 2.22. The van der Waals surface area contributed by atoms with Crippen LogP contribution in [0.15, 0.2) is 10.5 Å². The molecule has 1 aromatic rings. The maximum absolute atomic E-state index is 10.2. The third kappa shape index (κ3) is 2.11. The molecule has 0 amide bonds. The summed E-state index contributed by atoms with van der Waals surface area (Å²) in [6.07, 6.45) is 0.965. The van der Waals surface area contributed by atoms with E-state index in [4.69, 9.17) is 14.2 Å². The standard InChI is InChI=1S/C13H15BrO4/c14-9-6-11-13(18-4-1-3-17-11)12-8(9)2-5-16-7-10(12)15/h6,10,15H,1-5,7H2. The van der Waals surface area contributed by atoms with Gasteiger partial charge in [0, 0.05) is 16.5 Å². The van der Waals surface area contributed by atoms with Crippen LogP contribution in [0.1, 0.15) is 23.7 Å². The molecule has 1 N–H and O–H groups in total. The van der Waals surface area contributed by atoms with Gasteiger partial charge < -0.3 is 19.3 Å². The summed E-state index contributed by atoms with van der Waals surface area (Å²) in [5, 5.41) is 10.2.